The van der Waals surface area contributed by atoms with E-state index in [2.05, 4.69) is 5.10 Å². The number of halogens is 1. The number of rotatable bonds is 4. The molecule has 3 aromatic rings. The molecule has 0 aliphatic rings. The number of hydrogen-bond donors (Lipinski definition) is 0. The minimum Gasteiger partial charge on any atom is -0.336 e. The van der Waals surface area contributed by atoms with E-state index >= 15 is 0 Å². The quantitative estimate of drug-likeness (QED) is 0.696. The molecule has 0 unspecified atom stereocenters. The van der Waals surface area contributed by atoms with Crippen LogP contribution in [0.3, 0.4) is 0 Å². The number of hydrogen-bond acceptors (Lipinski definition) is 4. The standard InChI is InChI=1S/C19H17FN4O3/c1-22(12-13-6-4-3-5-7-13)17(25)16-18(26)23(2)19(27)24(21-16)15-10-8-14(20)9-11-15/h3-11H,12H2,1-2H3. The largest absolute Gasteiger partial charge is 0.351 e. The molecule has 8 heteroatoms. The Bertz CT molecular complexity index is 1090. The molecule has 0 N–H and O–H groups in total. The lowest BCUT2D eigenvalue weighted by Gasteiger charge is -2.17. The van der Waals surface area contributed by atoms with Crippen LogP contribution >= 0.6 is 0 Å². The zero-order valence-electron chi connectivity index (χ0n) is 14.8. The maximum absolute atomic E-state index is 13.1. The summed E-state index contributed by atoms with van der Waals surface area (Å²) in [6.07, 6.45) is 0. The number of aromatic nitrogens is 3. The van der Waals surface area contributed by atoms with Gasteiger partial charge in [-0.15, -0.1) is 0 Å². The summed E-state index contributed by atoms with van der Waals surface area (Å²) in [5.74, 6) is -1.09. The van der Waals surface area contributed by atoms with Crippen molar-refractivity contribution in [2.24, 2.45) is 7.05 Å². The fraction of sp³-hybridized carbons (Fsp3) is 0.158. The summed E-state index contributed by atoms with van der Waals surface area (Å²) in [5, 5.41) is 3.95. The summed E-state index contributed by atoms with van der Waals surface area (Å²) in [7, 11) is 2.81. The first kappa shape index (κ1) is 18.2. The first-order valence-electron chi connectivity index (χ1n) is 8.14. The van der Waals surface area contributed by atoms with Gasteiger partial charge in [-0.25, -0.2) is 9.18 Å². The summed E-state index contributed by atoms with van der Waals surface area (Å²) in [5.41, 5.74) is -0.772. The Morgan fingerprint density at radius 1 is 1.07 bits per heavy atom. The Labute approximate surface area is 153 Å². The van der Waals surface area contributed by atoms with Crippen LogP contribution in [0.1, 0.15) is 16.1 Å². The molecule has 27 heavy (non-hydrogen) atoms. The topological polar surface area (TPSA) is 77.2 Å². The van der Waals surface area contributed by atoms with Gasteiger partial charge in [0.2, 0.25) is 5.69 Å². The molecule has 0 radical (unpaired) electrons. The molecule has 2 aromatic carbocycles. The van der Waals surface area contributed by atoms with Gasteiger partial charge in [0.05, 0.1) is 5.69 Å². The molecule has 1 heterocycles. The van der Waals surface area contributed by atoms with Crippen LogP contribution in [0, 0.1) is 5.82 Å². The summed E-state index contributed by atoms with van der Waals surface area (Å²) in [6, 6.07) is 14.3. The Balaban J connectivity index is 2.02. The molecule has 138 valence electrons. The van der Waals surface area contributed by atoms with E-state index in [1.165, 1.54) is 24.1 Å². The highest BCUT2D eigenvalue weighted by Gasteiger charge is 2.22. The van der Waals surface area contributed by atoms with E-state index in [-0.39, 0.29) is 17.9 Å². The van der Waals surface area contributed by atoms with E-state index in [4.69, 9.17) is 0 Å². The number of amides is 1. The minimum absolute atomic E-state index is 0.247. The molecule has 1 amide bonds. The lowest BCUT2D eigenvalue weighted by atomic mass is 10.2. The van der Waals surface area contributed by atoms with Gasteiger partial charge in [-0.2, -0.15) is 9.78 Å². The molecule has 0 aliphatic heterocycles. The predicted octanol–water partition coefficient (Wildman–Crippen LogP) is 1.34. The SMILES string of the molecule is CN(Cc1ccccc1)C(=O)c1nn(-c2ccc(F)cc2)c(=O)n(C)c1=O. The monoisotopic (exact) mass is 368 g/mol. The van der Waals surface area contributed by atoms with Gasteiger partial charge < -0.3 is 4.90 Å². The number of benzene rings is 2. The average Bonchev–Trinajstić information content (AvgIpc) is 2.67. The zero-order valence-corrected chi connectivity index (χ0v) is 14.8. The molecule has 0 fully saturated rings. The zero-order chi connectivity index (χ0) is 19.6. The van der Waals surface area contributed by atoms with E-state index < -0.39 is 23.0 Å². The molecular weight excluding hydrogens is 351 g/mol. The summed E-state index contributed by atoms with van der Waals surface area (Å²) in [4.78, 5) is 38.9. The van der Waals surface area contributed by atoms with Gasteiger partial charge in [0.25, 0.3) is 11.5 Å². The van der Waals surface area contributed by atoms with Crippen molar-refractivity contribution in [1.82, 2.24) is 19.2 Å². The van der Waals surface area contributed by atoms with Crippen molar-refractivity contribution >= 4 is 5.91 Å². The van der Waals surface area contributed by atoms with Crippen LogP contribution < -0.4 is 11.2 Å². The van der Waals surface area contributed by atoms with Gasteiger partial charge in [0.1, 0.15) is 5.82 Å². The molecule has 0 saturated carbocycles. The Morgan fingerprint density at radius 2 is 1.70 bits per heavy atom. The van der Waals surface area contributed by atoms with Gasteiger partial charge >= 0.3 is 5.69 Å². The second kappa shape index (κ2) is 7.36. The van der Waals surface area contributed by atoms with E-state index in [9.17, 15) is 18.8 Å². The van der Waals surface area contributed by atoms with Crippen LogP contribution in [-0.2, 0) is 13.6 Å². The number of carbonyl (C=O) groups excluding carboxylic acids is 1. The number of carbonyl (C=O) groups is 1. The molecule has 0 saturated heterocycles. The Morgan fingerprint density at radius 3 is 2.33 bits per heavy atom. The summed E-state index contributed by atoms with van der Waals surface area (Å²) in [6.45, 7) is 0.278. The molecule has 7 nitrogen and oxygen atoms in total. The van der Waals surface area contributed by atoms with Crippen molar-refractivity contribution in [1.29, 1.82) is 0 Å². The third kappa shape index (κ3) is 3.69. The van der Waals surface area contributed by atoms with E-state index in [1.54, 1.807) is 7.05 Å². The van der Waals surface area contributed by atoms with Gasteiger partial charge in [0, 0.05) is 20.6 Å². The first-order valence-corrected chi connectivity index (χ1v) is 8.14. The third-order valence-corrected chi connectivity index (χ3v) is 4.06. The fourth-order valence-electron chi connectivity index (χ4n) is 2.57. The molecule has 0 atom stereocenters. The van der Waals surface area contributed by atoms with Crippen LogP contribution in [0.5, 0.6) is 0 Å². The van der Waals surface area contributed by atoms with Crippen molar-refractivity contribution < 1.29 is 9.18 Å². The van der Waals surface area contributed by atoms with Crippen LogP contribution in [0.2, 0.25) is 0 Å². The molecular formula is C19H17FN4O3. The highest BCUT2D eigenvalue weighted by Crippen LogP contribution is 2.07. The van der Waals surface area contributed by atoms with Gasteiger partial charge in [-0.05, 0) is 29.8 Å². The summed E-state index contributed by atoms with van der Waals surface area (Å²) >= 11 is 0. The van der Waals surface area contributed by atoms with Crippen LogP contribution in [0.15, 0.2) is 64.2 Å². The average molecular weight is 368 g/mol. The van der Waals surface area contributed by atoms with Gasteiger partial charge in [-0.1, -0.05) is 30.3 Å². The second-order valence-corrected chi connectivity index (χ2v) is 6.03. The smallest absolute Gasteiger partial charge is 0.336 e. The lowest BCUT2D eigenvalue weighted by Crippen LogP contribution is -2.44. The fourth-order valence-corrected chi connectivity index (χ4v) is 2.57. The van der Waals surface area contributed by atoms with Crippen molar-refractivity contribution in [3.8, 4) is 5.69 Å². The Kier molecular flexibility index (Phi) is 4.98. The number of nitrogens with zero attached hydrogens (tertiary/aromatic N) is 4. The minimum atomic E-state index is -0.789. The van der Waals surface area contributed by atoms with E-state index in [1.807, 2.05) is 30.3 Å². The highest BCUT2D eigenvalue weighted by molar-refractivity contribution is 5.91. The molecule has 3 rings (SSSR count). The summed E-state index contributed by atoms with van der Waals surface area (Å²) < 4.78 is 14.9. The third-order valence-electron chi connectivity index (χ3n) is 4.06. The Hall–Kier alpha value is -3.55. The first-order chi connectivity index (χ1) is 12.9. The highest BCUT2D eigenvalue weighted by atomic mass is 19.1. The van der Waals surface area contributed by atoms with Crippen LogP contribution in [-0.4, -0.2) is 32.2 Å². The van der Waals surface area contributed by atoms with Gasteiger partial charge in [-0.3, -0.25) is 14.2 Å². The van der Waals surface area contributed by atoms with Crippen LogP contribution in [0.4, 0.5) is 4.39 Å². The maximum atomic E-state index is 13.1. The molecule has 0 aliphatic carbocycles. The molecule has 0 bridgehead atoms. The van der Waals surface area contributed by atoms with Crippen molar-refractivity contribution in [3.63, 3.8) is 0 Å². The van der Waals surface area contributed by atoms with Crippen molar-refractivity contribution in [2.75, 3.05) is 7.05 Å². The molecule has 0 spiro atoms. The lowest BCUT2D eigenvalue weighted by molar-refractivity contribution is 0.0774. The van der Waals surface area contributed by atoms with Crippen LogP contribution in [0.25, 0.3) is 5.69 Å². The van der Waals surface area contributed by atoms with Crippen molar-refractivity contribution in [3.05, 3.63) is 92.5 Å². The normalized spacial score (nSPS) is 10.6. The van der Waals surface area contributed by atoms with E-state index in [0.29, 0.717) is 0 Å². The predicted molar refractivity (Wildman–Crippen MR) is 97.3 cm³/mol. The van der Waals surface area contributed by atoms with E-state index in [0.717, 1.165) is 26.9 Å². The second-order valence-electron chi connectivity index (χ2n) is 6.03. The maximum Gasteiger partial charge on any atom is 0.351 e. The molecule has 1 aromatic heterocycles. The van der Waals surface area contributed by atoms with Gasteiger partial charge in [0.15, 0.2) is 0 Å². The van der Waals surface area contributed by atoms with Crippen molar-refractivity contribution in [2.45, 2.75) is 6.54 Å².